The molecule has 0 aliphatic rings. The van der Waals surface area contributed by atoms with Crippen LogP contribution in [0.4, 0.5) is 0 Å². The van der Waals surface area contributed by atoms with Crippen molar-refractivity contribution in [3.8, 4) is 0 Å². The van der Waals surface area contributed by atoms with Gasteiger partial charge in [0.2, 0.25) is 10.0 Å². The molecule has 0 radical (unpaired) electrons. The Balaban J connectivity index is 2.97. The second kappa shape index (κ2) is 6.10. The molecule has 0 saturated carbocycles. The summed E-state index contributed by atoms with van der Waals surface area (Å²) in [6, 6.07) is 6.58. The first-order valence-electron chi connectivity index (χ1n) is 5.26. The lowest BCUT2D eigenvalue weighted by Gasteiger charge is -2.20. The lowest BCUT2D eigenvalue weighted by atomic mass is 10.2. The van der Waals surface area contributed by atoms with Crippen molar-refractivity contribution in [2.24, 2.45) is 11.7 Å². The van der Waals surface area contributed by atoms with Gasteiger partial charge in [-0.05, 0) is 18.2 Å². The van der Waals surface area contributed by atoms with Gasteiger partial charge in [0, 0.05) is 24.0 Å². The molecule has 0 aliphatic heterocycles. The van der Waals surface area contributed by atoms with E-state index in [2.05, 4.69) is 15.9 Å². The van der Waals surface area contributed by atoms with E-state index in [0.29, 0.717) is 4.99 Å². The maximum Gasteiger partial charge on any atom is 0.242 e. The topological polar surface area (TPSA) is 63.4 Å². The first-order chi connectivity index (χ1) is 8.25. The standard InChI is InChI=1S/C11H15BrN2O2S2/c1-8(11(13)17)7-14(2)18(15,16)10-5-3-4-9(12)6-10/h3-6,8H,7H2,1-2H3,(H2,13,17). The van der Waals surface area contributed by atoms with E-state index in [1.54, 1.807) is 31.2 Å². The van der Waals surface area contributed by atoms with Crippen LogP contribution in [0.15, 0.2) is 33.6 Å². The number of nitrogens with zero attached hydrogens (tertiary/aromatic N) is 1. The van der Waals surface area contributed by atoms with Gasteiger partial charge < -0.3 is 5.73 Å². The molecule has 0 aromatic heterocycles. The summed E-state index contributed by atoms with van der Waals surface area (Å²) in [6.45, 7) is 2.07. The Morgan fingerprint density at radius 2 is 2.17 bits per heavy atom. The smallest absolute Gasteiger partial charge is 0.242 e. The van der Waals surface area contributed by atoms with Gasteiger partial charge in [0.1, 0.15) is 0 Å². The van der Waals surface area contributed by atoms with E-state index < -0.39 is 10.0 Å². The van der Waals surface area contributed by atoms with Crippen molar-refractivity contribution < 1.29 is 8.42 Å². The molecule has 0 aliphatic carbocycles. The number of hydrogen-bond donors (Lipinski definition) is 1. The van der Waals surface area contributed by atoms with Crippen LogP contribution in [-0.2, 0) is 10.0 Å². The number of rotatable bonds is 5. The van der Waals surface area contributed by atoms with E-state index in [0.717, 1.165) is 4.47 Å². The molecule has 1 rings (SSSR count). The minimum absolute atomic E-state index is 0.160. The molecule has 1 aromatic rings. The molecule has 2 N–H and O–H groups in total. The van der Waals surface area contributed by atoms with Crippen LogP contribution in [0.25, 0.3) is 0 Å². The third kappa shape index (κ3) is 3.74. The van der Waals surface area contributed by atoms with Gasteiger partial charge in [-0.25, -0.2) is 12.7 Å². The monoisotopic (exact) mass is 350 g/mol. The molecule has 18 heavy (non-hydrogen) atoms. The van der Waals surface area contributed by atoms with Crippen LogP contribution in [0.2, 0.25) is 0 Å². The number of thiocarbonyl (C=S) groups is 1. The third-order valence-corrected chi connectivity index (χ3v) is 5.24. The summed E-state index contributed by atoms with van der Waals surface area (Å²) in [5, 5.41) is 0. The van der Waals surface area contributed by atoms with E-state index in [9.17, 15) is 8.42 Å². The fraction of sp³-hybridized carbons (Fsp3) is 0.364. The fourth-order valence-electron chi connectivity index (χ4n) is 1.38. The molecule has 1 unspecified atom stereocenters. The number of benzene rings is 1. The molecule has 0 heterocycles. The van der Waals surface area contributed by atoms with E-state index >= 15 is 0 Å². The highest BCUT2D eigenvalue weighted by atomic mass is 79.9. The number of hydrogen-bond acceptors (Lipinski definition) is 3. The lowest BCUT2D eigenvalue weighted by Crippen LogP contribution is -2.35. The van der Waals surface area contributed by atoms with Crippen molar-refractivity contribution in [2.75, 3.05) is 13.6 Å². The molecule has 7 heteroatoms. The van der Waals surface area contributed by atoms with Crippen molar-refractivity contribution in [1.29, 1.82) is 0 Å². The molecule has 1 atom stereocenters. The van der Waals surface area contributed by atoms with Crippen molar-refractivity contribution in [2.45, 2.75) is 11.8 Å². The minimum Gasteiger partial charge on any atom is -0.393 e. The van der Waals surface area contributed by atoms with Gasteiger partial charge >= 0.3 is 0 Å². The second-order valence-corrected chi connectivity index (χ2v) is 7.48. The van der Waals surface area contributed by atoms with E-state index in [1.807, 2.05) is 0 Å². The third-order valence-electron chi connectivity index (χ3n) is 2.52. The molecular weight excluding hydrogens is 336 g/mol. The number of nitrogens with two attached hydrogens (primary N) is 1. The van der Waals surface area contributed by atoms with Gasteiger partial charge in [-0.15, -0.1) is 0 Å². The maximum absolute atomic E-state index is 12.3. The first kappa shape index (κ1) is 15.6. The Kier molecular flexibility index (Phi) is 5.27. The van der Waals surface area contributed by atoms with Crippen LogP contribution in [0.3, 0.4) is 0 Å². The van der Waals surface area contributed by atoms with Gasteiger partial charge in [-0.3, -0.25) is 0 Å². The predicted molar refractivity (Wildman–Crippen MR) is 79.9 cm³/mol. The van der Waals surface area contributed by atoms with Crippen molar-refractivity contribution in [3.05, 3.63) is 28.7 Å². The highest BCUT2D eigenvalue weighted by molar-refractivity contribution is 9.10. The van der Waals surface area contributed by atoms with Crippen molar-refractivity contribution >= 4 is 43.2 Å². The van der Waals surface area contributed by atoms with Crippen molar-refractivity contribution in [1.82, 2.24) is 4.31 Å². The normalized spacial score (nSPS) is 13.6. The number of halogens is 1. The minimum atomic E-state index is -3.50. The van der Waals surface area contributed by atoms with Gasteiger partial charge in [-0.2, -0.15) is 0 Å². The predicted octanol–water partition coefficient (Wildman–Crippen LogP) is 1.99. The average Bonchev–Trinajstić information content (AvgIpc) is 2.28. The van der Waals surface area contributed by atoms with Gasteiger partial charge in [0.05, 0.1) is 9.88 Å². The van der Waals surface area contributed by atoms with Crippen LogP contribution in [0.5, 0.6) is 0 Å². The molecule has 1 aromatic carbocycles. The zero-order chi connectivity index (χ0) is 13.9. The Hall–Kier alpha value is -0.500. The second-order valence-electron chi connectivity index (χ2n) is 4.05. The largest absolute Gasteiger partial charge is 0.393 e. The highest BCUT2D eigenvalue weighted by Crippen LogP contribution is 2.19. The maximum atomic E-state index is 12.3. The molecule has 100 valence electrons. The summed E-state index contributed by atoms with van der Waals surface area (Å²) >= 11 is 8.10. The Morgan fingerprint density at radius 1 is 1.56 bits per heavy atom. The number of sulfonamides is 1. The first-order valence-corrected chi connectivity index (χ1v) is 7.90. The molecular formula is C11H15BrN2O2S2. The zero-order valence-electron chi connectivity index (χ0n) is 10.1. The summed E-state index contributed by atoms with van der Waals surface area (Å²) in [5.74, 6) is -0.160. The average molecular weight is 351 g/mol. The summed E-state index contributed by atoms with van der Waals surface area (Å²) < 4.78 is 26.5. The van der Waals surface area contributed by atoms with Crippen LogP contribution >= 0.6 is 28.1 Å². The fourth-order valence-corrected chi connectivity index (χ4v) is 3.31. The quantitative estimate of drug-likeness (QED) is 0.824. The Bertz CT molecular complexity index is 546. The Morgan fingerprint density at radius 3 is 2.67 bits per heavy atom. The molecule has 0 fully saturated rings. The van der Waals surface area contributed by atoms with Crippen LogP contribution in [-0.4, -0.2) is 31.3 Å². The molecule has 0 amide bonds. The van der Waals surface area contributed by atoms with Crippen LogP contribution in [0, 0.1) is 5.92 Å². The Labute approximate surface area is 121 Å². The summed E-state index contributed by atoms with van der Waals surface area (Å²) in [4.78, 5) is 0.556. The van der Waals surface area contributed by atoms with E-state index in [4.69, 9.17) is 18.0 Å². The van der Waals surface area contributed by atoms with E-state index in [1.165, 1.54) is 11.4 Å². The van der Waals surface area contributed by atoms with E-state index in [-0.39, 0.29) is 17.4 Å². The SMILES string of the molecule is CC(CN(C)S(=O)(=O)c1cccc(Br)c1)C(N)=S. The van der Waals surface area contributed by atoms with Crippen LogP contribution in [0.1, 0.15) is 6.92 Å². The lowest BCUT2D eigenvalue weighted by molar-refractivity contribution is 0.445. The molecule has 4 nitrogen and oxygen atoms in total. The molecule has 0 saturated heterocycles. The summed E-state index contributed by atoms with van der Waals surface area (Å²) in [6.07, 6.45) is 0. The van der Waals surface area contributed by atoms with Gasteiger partial charge in [-0.1, -0.05) is 41.1 Å². The molecule has 0 spiro atoms. The van der Waals surface area contributed by atoms with Crippen LogP contribution < -0.4 is 5.73 Å². The van der Waals surface area contributed by atoms with Gasteiger partial charge in [0.15, 0.2) is 0 Å². The van der Waals surface area contributed by atoms with Gasteiger partial charge in [0.25, 0.3) is 0 Å². The zero-order valence-corrected chi connectivity index (χ0v) is 13.3. The van der Waals surface area contributed by atoms with Crippen molar-refractivity contribution in [3.63, 3.8) is 0 Å². The summed E-state index contributed by atoms with van der Waals surface area (Å²) in [7, 11) is -1.98. The highest BCUT2D eigenvalue weighted by Gasteiger charge is 2.23. The summed E-state index contributed by atoms with van der Waals surface area (Å²) in [5.41, 5.74) is 5.49. The molecule has 0 bridgehead atoms.